The molecule has 1 saturated carbocycles. The molecule has 126 valence electrons. The number of nitrogen functional groups attached to an aromatic ring is 1. The highest BCUT2D eigenvalue weighted by atomic mass is 16.6. The number of benzene rings is 1. The summed E-state index contributed by atoms with van der Waals surface area (Å²) in [6, 6.07) is 6.13. The Morgan fingerprint density at radius 1 is 1.00 bits per heavy atom. The Morgan fingerprint density at radius 3 is 2.58 bits per heavy atom. The molecule has 7 heteroatoms. The quantitative estimate of drug-likeness (QED) is 0.794. The lowest BCUT2D eigenvalue weighted by molar-refractivity contribution is 0.171. The van der Waals surface area contributed by atoms with Gasteiger partial charge in [0.25, 0.3) is 0 Å². The lowest BCUT2D eigenvalue weighted by Gasteiger charge is -2.19. The Hall–Kier alpha value is -2.70. The van der Waals surface area contributed by atoms with E-state index >= 15 is 0 Å². The maximum Gasteiger partial charge on any atom is 0.163 e. The van der Waals surface area contributed by atoms with Crippen molar-refractivity contribution in [2.24, 2.45) is 0 Å². The van der Waals surface area contributed by atoms with Crippen LogP contribution in [-0.2, 0) is 0 Å². The van der Waals surface area contributed by atoms with E-state index in [9.17, 15) is 0 Å². The summed E-state index contributed by atoms with van der Waals surface area (Å²) in [6.45, 7) is 1.14. The van der Waals surface area contributed by atoms with Gasteiger partial charge in [0, 0.05) is 17.8 Å². The molecular formula is C17H21N5O2. The third kappa shape index (κ3) is 3.02. The monoisotopic (exact) mass is 327 g/mol. The van der Waals surface area contributed by atoms with Crippen LogP contribution in [0.1, 0.15) is 25.7 Å². The van der Waals surface area contributed by atoms with Crippen molar-refractivity contribution in [2.45, 2.75) is 31.7 Å². The Bertz CT molecular complexity index is 731. The summed E-state index contributed by atoms with van der Waals surface area (Å²) in [5.41, 5.74) is 7.61. The average molecular weight is 327 g/mol. The number of nitrogens with one attached hydrogen (secondary N) is 2. The van der Waals surface area contributed by atoms with Crippen LogP contribution in [0.15, 0.2) is 24.5 Å². The second kappa shape index (κ2) is 6.43. The molecule has 0 unspecified atom stereocenters. The predicted octanol–water partition coefficient (Wildman–Crippen LogP) is 2.93. The number of hydrogen-bond donors (Lipinski definition) is 3. The van der Waals surface area contributed by atoms with E-state index in [2.05, 4.69) is 20.6 Å². The Labute approximate surface area is 140 Å². The third-order valence-corrected chi connectivity index (χ3v) is 4.38. The molecule has 0 amide bonds. The van der Waals surface area contributed by atoms with E-state index < -0.39 is 0 Å². The average Bonchev–Trinajstić information content (AvgIpc) is 3.11. The zero-order valence-electron chi connectivity index (χ0n) is 13.4. The van der Waals surface area contributed by atoms with Gasteiger partial charge in [-0.2, -0.15) is 0 Å². The van der Waals surface area contributed by atoms with Crippen LogP contribution in [-0.4, -0.2) is 29.2 Å². The molecule has 4 N–H and O–H groups in total. The molecule has 1 aliphatic carbocycles. The fourth-order valence-corrected chi connectivity index (χ4v) is 3.13. The maximum absolute atomic E-state index is 6.24. The topological polar surface area (TPSA) is 94.3 Å². The van der Waals surface area contributed by atoms with Gasteiger partial charge in [-0.3, -0.25) is 0 Å². The number of fused-ring (bicyclic) bond motifs is 1. The highest BCUT2D eigenvalue weighted by Gasteiger charge is 2.18. The molecule has 0 radical (unpaired) electrons. The number of nitrogens with zero attached hydrogens (tertiary/aromatic N) is 2. The van der Waals surface area contributed by atoms with Crippen LogP contribution in [0, 0.1) is 0 Å². The van der Waals surface area contributed by atoms with Gasteiger partial charge >= 0.3 is 0 Å². The number of hydrogen-bond acceptors (Lipinski definition) is 7. The SMILES string of the molecule is Nc1c(Nc2ccc3c(c2)OCCO3)ncnc1NC1CCCC1. The number of ether oxygens (including phenoxy) is 2. The predicted molar refractivity (Wildman–Crippen MR) is 93.0 cm³/mol. The largest absolute Gasteiger partial charge is 0.486 e. The summed E-state index contributed by atoms with van der Waals surface area (Å²) in [6.07, 6.45) is 6.35. The summed E-state index contributed by atoms with van der Waals surface area (Å²) < 4.78 is 11.1. The van der Waals surface area contributed by atoms with E-state index in [1.54, 1.807) is 0 Å². The second-order valence-corrected chi connectivity index (χ2v) is 6.09. The highest BCUT2D eigenvalue weighted by molar-refractivity contribution is 5.78. The van der Waals surface area contributed by atoms with E-state index in [0.717, 1.165) is 30.0 Å². The van der Waals surface area contributed by atoms with Gasteiger partial charge in [-0.15, -0.1) is 0 Å². The fraction of sp³-hybridized carbons (Fsp3) is 0.412. The summed E-state index contributed by atoms with van der Waals surface area (Å²) in [5, 5.41) is 6.66. The lowest BCUT2D eigenvalue weighted by Crippen LogP contribution is -2.17. The minimum atomic E-state index is 0.448. The summed E-state index contributed by atoms with van der Waals surface area (Å²) in [5.74, 6) is 2.76. The van der Waals surface area contributed by atoms with E-state index in [-0.39, 0.29) is 0 Å². The molecule has 1 aliphatic heterocycles. The van der Waals surface area contributed by atoms with Gasteiger partial charge in [-0.05, 0) is 25.0 Å². The van der Waals surface area contributed by atoms with Crippen molar-refractivity contribution in [2.75, 3.05) is 29.6 Å². The molecule has 1 aromatic carbocycles. The van der Waals surface area contributed by atoms with Crippen LogP contribution in [0.25, 0.3) is 0 Å². The minimum absolute atomic E-state index is 0.448. The molecule has 4 rings (SSSR count). The molecule has 0 bridgehead atoms. The first kappa shape index (κ1) is 14.9. The van der Waals surface area contributed by atoms with Crippen molar-refractivity contribution in [3.05, 3.63) is 24.5 Å². The third-order valence-electron chi connectivity index (χ3n) is 4.38. The molecule has 7 nitrogen and oxygen atoms in total. The van der Waals surface area contributed by atoms with Crippen LogP contribution >= 0.6 is 0 Å². The van der Waals surface area contributed by atoms with Gasteiger partial charge < -0.3 is 25.8 Å². The maximum atomic E-state index is 6.24. The zero-order valence-corrected chi connectivity index (χ0v) is 13.4. The fourth-order valence-electron chi connectivity index (χ4n) is 3.13. The molecule has 2 aliphatic rings. The zero-order chi connectivity index (χ0) is 16.4. The second-order valence-electron chi connectivity index (χ2n) is 6.09. The normalized spacial score (nSPS) is 16.8. The Morgan fingerprint density at radius 2 is 1.75 bits per heavy atom. The Kier molecular flexibility index (Phi) is 3.98. The number of anilines is 4. The molecule has 0 atom stereocenters. The van der Waals surface area contributed by atoms with Gasteiger partial charge in [0.05, 0.1) is 0 Å². The first-order valence-electron chi connectivity index (χ1n) is 8.33. The van der Waals surface area contributed by atoms with Gasteiger partial charge in [0.2, 0.25) is 0 Å². The van der Waals surface area contributed by atoms with Crippen LogP contribution in [0.5, 0.6) is 11.5 Å². The van der Waals surface area contributed by atoms with Crippen LogP contribution in [0.4, 0.5) is 23.0 Å². The molecule has 1 aromatic heterocycles. The number of nitrogens with two attached hydrogens (primary N) is 1. The first-order chi connectivity index (χ1) is 11.8. The van der Waals surface area contributed by atoms with Crippen molar-refractivity contribution in [1.29, 1.82) is 0 Å². The molecule has 0 spiro atoms. The number of rotatable bonds is 4. The van der Waals surface area contributed by atoms with Gasteiger partial charge in [0.15, 0.2) is 23.1 Å². The smallest absolute Gasteiger partial charge is 0.163 e. The van der Waals surface area contributed by atoms with Gasteiger partial charge in [-0.1, -0.05) is 12.8 Å². The molecule has 2 aromatic rings. The lowest BCUT2D eigenvalue weighted by atomic mass is 10.2. The first-order valence-corrected chi connectivity index (χ1v) is 8.33. The highest BCUT2D eigenvalue weighted by Crippen LogP contribution is 2.35. The molecule has 1 fully saturated rings. The standard InChI is InChI=1S/C17H21N5O2/c18-15-16(21-11-3-1-2-4-11)19-10-20-17(15)22-12-5-6-13-14(9-12)24-8-7-23-13/h5-6,9-11H,1-4,7-8,18H2,(H2,19,20,21,22). The van der Waals surface area contributed by atoms with Crippen molar-refractivity contribution < 1.29 is 9.47 Å². The van der Waals surface area contributed by atoms with Gasteiger partial charge in [0.1, 0.15) is 25.2 Å². The molecule has 0 saturated heterocycles. The molecular weight excluding hydrogens is 306 g/mol. The summed E-state index contributed by atoms with van der Waals surface area (Å²) in [4.78, 5) is 8.54. The Balaban J connectivity index is 1.53. The molecule has 2 heterocycles. The van der Waals surface area contributed by atoms with Crippen molar-refractivity contribution in [3.8, 4) is 11.5 Å². The summed E-state index contributed by atoms with van der Waals surface area (Å²) in [7, 11) is 0. The molecule has 24 heavy (non-hydrogen) atoms. The van der Waals surface area contributed by atoms with E-state index in [1.165, 1.54) is 19.2 Å². The van der Waals surface area contributed by atoms with E-state index in [0.29, 0.717) is 36.6 Å². The van der Waals surface area contributed by atoms with Crippen LogP contribution in [0.2, 0.25) is 0 Å². The van der Waals surface area contributed by atoms with Crippen molar-refractivity contribution in [3.63, 3.8) is 0 Å². The van der Waals surface area contributed by atoms with Gasteiger partial charge in [-0.25, -0.2) is 9.97 Å². The van der Waals surface area contributed by atoms with E-state index in [4.69, 9.17) is 15.2 Å². The van der Waals surface area contributed by atoms with Crippen molar-refractivity contribution in [1.82, 2.24) is 9.97 Å². The van der Waals surface area contributed by atoms with E-state index in [1.807, 2.05) is 18.2 Å². The summed E-state index contributed by atoms with van der Waals surface area (Å²) >= 11 is 0. The number of aromatic nitrogens is 2. The van der Waals surface area contributed by atoms with Crippen LogP contribution < -0.4 is 25.8 Å². The van der Waals surface area contributed by atoms with Crippen LogP contribution in [0.3, 0.4) is 0 Å². The van der Waals surface area contributed by atoms with Crippen molar-refractivity contribution >= 4 is 23.0 Å². The minimum Gasteiger partial charge on any atom is -0.486 e.